The lowest BCUT2D eigenvalue weighted by molar-refractivity contribution is -0.136. The van der Waals surface area contributed by atoms with Crippen LogP contribution in [0.3, 0.4) is 0 Å². The van der Waals surface area contributed by atoms with Gasteiger partial charge in [0.05, 0.1) is 6.61 Å². The Kier molecular flexibility index (Phi) is 9.35. The number of aromatic hydroxyl groups is 1. The zero-order chi connectivity index (χ0) is 36.8. The zero-order valence-corrected chi connectivity index (χ0v) is 30.7. The zero-order valence-electron chi connectivity index (χ0n) is 30.7. The molecule has 3 heterocycles. The first-order valence-electron chi connectivity index (χ1n) is 19.7. The Morgan fingerprint density at radius 3 is 2.39 bits per heavy atom. The van der Waals surface area contributed by atoms with Crippen molar-refractivity contribution < 1.29 is 24.2 Å². The standard InChI is InChI=1S/C45H48N4O5/c50-36-10-15-39-32(26-36)8-13-38(29-4-2-1-3-5-29)43(39)30-6-11-37(12-7-30)54-28-34-24-31(34)18-19-47-20-22-48(23-21-47)35-9-14-40-33(25-35)27-49(45(40)53)41-16-17-42(51)46-44(41)52/h1-7,9-12,14-15,25-26,31,34,38,41,43,50H,8,13,16-24,27-28H2,(H,46,51,52)/t31-,34+,38-,41?,43+/m1/s1. The predicted molar refractivity (Wildman–Crippen MR) is 207 cm³/mol. The summed E-state index contributed by atoms with van der Waals surface area (Å²) in [7, 11) is 0. The number of hydrogen-bond acceptors (Lipinski definition) is 7. The van der Waals surface area contributed by atoms with E-state index in [0.29, 0.717) is 42.0 Å². The maximum Gasteiger partial charge on any atom is 0.255 e. The summed E-state index contributed by atoms with van der Waals surface area (Å²) in [6, 6.07) is 30.9. The first-order valence-corrected chi connectivity index (χ1v) is 19.7. The van der Waals surface area contributed by atoms with Gasteiger partial charge in [0.25, 0.3) is 5.91 Å². The highest BCUT2D eigenvalue weighted by atomic mass is 16.5. The smallest absolute Gasteiger partial charge is 0.255 e. The maximum atomic E-state index is 13.1. The topological polar surface area (TPSA) is 102 Å². The van der Waals surface area contributed by atoms with E-state index in [1.807, 2.05) is 24.3 Å². The van der Waals surface area contributed by atoms with E-state index in [1.54, 1.807) is 4.90 Å². The van der Waals surface area contributed by atoms with E-state index >= 15 is 0 Å². The molecule has 4 aromatic rings. The number of phenolic OH excluding ortho intramolecular Hbond substituents is 1. The van der Waals surface area contributed by atoms with Gasteiger partial charge in [-0.05, 0) is 127 Å². The molecule has 1 unspecified atom stereocenters. The molecule has 3 fully saturated rings. The number of piperidine rings is 1. The second-order valence-corrected chi connectivity index (χ2v) is 15.9. The molecular formula is C45H48N4O5. The van der Waals surface area contributed by atoms with Gasteiger partial charge in [0.15, 0.2) is 0 Å². The third-order valence-corrected chi connectivity index (χ3v) is 12.6. The number of hydrogen-bond donors (Lipinski definition) is 2. The van der Waals surface area contributed by atoms with Gasteiger partial charge in [-0.2, -0.15) is 0 Å². The molecule has 0 aromatic heterocycles. The van der Waals surface area contributed by atoms with Crippen molar-refractivity contribution in [1.82, 2.24) is 15.1 Å². The normalized spacial score (nSPS) is 25.3. The molecule has 5 aliphatic rings. The number of anilines is 1. The van der Waals surface area contributed by atoms with Gasteiger partial charge in [0.2, 0.25) is 11.8 Å². The molecule has 3 amide bonds. The Morgan fingerprint density at radius 1 is 0.778 bits per heavy atom. The lowest BCUT2D eigenvalue weighted by Gasteiger charge is -2.36. The number of fused-ring (bicyclic) bond motifs is 2. The summed E-state index contributed by atoms with van der Waals surface area (Å²) >= 11 is 0. The van der Waals surface area contributed by atoms with E-state index in [4.69, 9.17) is 4.74 Å². The number of ether oxygens (including phenoxy) is 1. The van der Waals surface area contributed by atoms with Gasteiger partial charge in [-0.3, -0.25) is 24.6 Å². The van der Waals surface area contributed by atoms with E-state index in [2.05, 4.69) is 81.8 Å². The van der Waals surface area contributed by atoms with Crippen LogP contribution >= 0.6 is 0 Å². The number of amides is 3. The molecule has 2 N–H and O–H groups in total. The molecular weight excluding hydrogens is 677 g/mol. The number of nitrogens with zero attached hydrogens (tertiary/aromatic N) is 3. The summed E-state index contributed by atoms with van der Waals surface area (Å²) in [5, 5.41) is 12.6. The molecule has 9 nitrogen and oxygen atoms in total. The van der Waals surface area contributed by atoms with Crippen LogP contribution in [0.1, 0.15) is 82.1 Å². The molecule has 1 saturated carbocycles. The van der Waals surface area contributed by atoms with Crippen LogP contribution in [0.5, 0.6) is 11.5 Å². The van der Waals surface area contributed by atoms with Gasteiger partial charge in [0.1, 0.15) is 17.5 Å². The van der Waals surface area contributed by atoms with Crippen LogP contribution in [0, 0.1) is 11.8 Å². The van der Waals surface area contributed by atoms with Gasteiger partial charge in [-0.25, -0.2) is 0 Å². The number of benzene rings is 4. The average molecular weight is 725 g/mol. The van der Waals surface area contributed by atoms with Crippen molar-refractivity contribution in [2.24, 2.45) is 11.8 Å². The van der Waals surface area contributed by atoms with Gasteiger partial charge < -0.3 is 19.6 Å². The molecule has 2 saturated heterocycles. The van der Waals surface area contributed by atoms with Crippen molar-refractivity contribution in [2.75, 3.05) is 44.2 Å². The highest BCUT2D eigenvalue weighted by molar-refractivity contribution is 6.05. The number of aryl methyl sites for hydroxylation is 1. The van der Waals surface area contributed by atoms with Crippen molar-refractivity contribution >= 4 is 23.4 Å². The summed E-state index contributed by atoms with van der Waals surface area (Å²) in [4.78, 5) is 43.7. The monoisotopic (exact) mass is 724 g/mol. The number of carbonyl (C=O) groups excluding carboxylic acids is 3. The number of carbonyl (C=O) groups is 3. The fraction of sp³-hybridized carbons (Fsp3) is 0.400. The van der Waals surface area contributed by atoms with Gasteiger partial charge in [-0.15, -0.1) is 0 Å². The maximum absolute atomic E-state index is 13.1. The lowest BCUT2D eigenvalue weighted by Crippen LogP contribution is -2.52. The van der Waals surface area contributed by atoms with Crippen molar-refractivity contribution in [3.63, 3.8) is 0 Å². The molecule has 278 valence electrons. The number of nitrogens with one attached hydrogen (secondary N) is 1. The minimum absolute atomic E-state index is 0.126. The Hall–Kier alpha value is -5.15. The molecule has 54 heavy (non-hydrogen) atoms. The number of phenols is 1. The van der Waals surface area contributed by atoms with Crippen molar-refractivity contribution in [1.29, 1.82) is 0 Å². The molecule has 9 rings (SSSR count). The van der Waals surface area contributed by atoms with E-state index < -0.39 is 6.04 Å². The van der Waals surface area contributed by atoms with E-state index in [1.165, 1.54) is 35.1 Å². The van der Waals surface area contributed by atoms with Crippen LogP contribution in [-0.4, -0.2) is 78.0 Å². The highest BCUT2D eigenvalue weighted by Gasteiger charge is 2.40. The quantitative estimate of drug-likeness (QED) is 0.187. The molecule has 5 atom stereocenters. The third kappa shape index (κ3) is 6.97. The molecule has 4 aromatic carbocycles. The molecule has 0 bridgehead atoms. The van der Waals surface area contributed by atoms with Crippen LogP contribution in [0.2, 0.25) is 0 Å². The molecule has 0 radical (unpaired) electrons. The summed E-state index contributed by atoms with van der Waals surface area (Å²) in [6.07, 6.45) is 5.08. The first kappa shape index (κ1) is 34.6. The minimum atomic E-state index is -0.587. The molecule has 3 aliphatic heterocycles. The predicted octanol–water partition coefficient (Wildman–Crippen LogP) is 6.24. The Labute approximate surface area is 316 Å². The van der Waals surface area contributed by atoms with Crippen LogP contribution in [0.25, 0.3) is 0 Å². The number of piperazine rings is 1. The van der Waals surface area contributed by atoms with Crippen molar-refractivity contribution in [2.45, 2.75) is 62.9 Å². The van der Waals surface area contributed by atoms with Crippen molar-refractivity contribution in [3.8, 4) is 11.5 Å². The SMILES string of the molecule is O=C1CCC(N2Cc3cc(N4CCN(CC[C@@H]5C[C@H]5COc5ccc([C@@H]6c7ccc(O)cc7CC[C@@H]6c6ccccc6)cc5)CC4)ccc3C2=O)C(=O)N1. The summed E-state index contributed by atoms with van der Waals surface area (Å²) in [5.41, 5.74) is 7.94. The number of rotatable bonds is 10. The number of imide groups is 1. The Balaban J connectivity index is 0.738. The summed E-state index contributed by atoms with van der Waals surface area (Å²) < 4.78 is 6.33. The van der Waals surface area contributed by atoms with Crippen LogP contribution in [0.15, 0.2) is 91.0 Å². The fourth-order valence-electron chi connectivity index (χ4n) is 9.46. The largest absolute Gasteiger partial charge is 0.508 e. The minimum Gasteiger partial charge on any atom is -0.508 e. The average Bonchev–Trinajstić information content (AvgIpc) is 3.88. The summed E-state index contributed by atoms with van der Waals surface area (Å²) in [5.74, 6) is 2.44. The Bertz CT molecular complexity index is 2040. The van der Waals surface area contributed by atoms with Crippen LogP contribution in [-0.2, 0) is 22.6 Å². The van der Waals surface area contributed by atoms with Crippen LogP contribution in [0.4, 0.5) is 5.69 Å². The van der Waals surface area contributed by atoms with E-state index in [9.17, 15) is 19.5 Å². The van der Waals surface area contributed by atoms with Crippen LogP contribution < -0.4 is 15.0 Å². The first-order chi connectivity index (χ1) is 26.4. The molecule has 2 aliphatic carbocycles. The second-order valence-electron chi connectivity index (χ2n) is 15.9. The molecule has 0 spiro atoms. The molecule has 9 heteroatoms. The van der Waals surface area contributed by atoms with E-state index in [0.717, 1.165) is 69.2 Å². The third-order valence-electron chi connectivity index (χ3n) is 12.6. The van der Waals surface area contributed by atoms with Gasteiger partial charge in [0, 0.05) is 56.3 Å². The lowest BCUT2D eigenvalue weighted by atomic mass is 9.69. The second kappa shape index (κ2) is 14.6. The van der Waals surface area contributed by atoms with E-state index in [-0.39, 0.29) is 30.1 Å². The summed E-state index contributed by atoms with van der Waals surface area (Å²) in [6.45, 7) is 6.18. The fourth-order valence-corrected chi connectivity index (χ4v) is 9.46. The highest BCUT2D eigenvalue weighted by Crippen LogP contribution is 2.47. The van der Waals surface area contributed by atoms with Crippen molar-refractivity contribution in [3.05, 3.63) is 124 Å². The van der Waals surface area contributed by atoms with Gasteiger partial charge >= 0.3 is 0 Å². The van der Waals surface area contributed by atoms with Gasteiger partial charge in [-0.1, -0.05) is 48.5 Å². The Morgan fingerprint density at radius 2 is 1.59 bits per heavy atom.